The third-order valence-electron chi connectivity index (χ3n) is 2.76. The highest BCUT2D eigenvalue weighted by atomic mass is 16.2. The fraction of sp³-hybridized carbons (Fsp3) is 0.900. The van der Waals surface area contributed by atoms with Crippen LogP contribution in [0.3, 0.4) is 0 Å². The number of hydrogen-bond donors (Lipinski definition) is 1. The summed E-state index contributed by atoms with van der Waals surface area (Å²) in [5, 5.41) is 0. The first kappa shape index (κ1) is 11.3. The van der Waals surface area contributed by atoms with Gasteiger partial charge in [0.1, 0.15) is 0 Å². The molecule has 0 saturated carbocycles. The van der Waals surface area contributed by atoms with E-state index in [4.69, 9.17) is 5.73 Å². The first-order chi connectivity index (χ1) is 6.74. The largest absolute Gasteiger partial charge is 0.351 e. The Morgan fingerprint density at radius 3 is 2.36 bits per heavy atom. The summed E-state index contributed by atoms with van der Waals surface area (Å²) < 4.78 is 0. The summed E-state index contributed by atoms with van der Waals surface area (Å²) >= 11 is 0. The van der Waals surface area contributed by atoms with Crippen LogP contribution in [0.5, 0.6) is 0 Å². The summed E-state index contributed by atoms with van der Waals surface area (Å²) in [5.74, 6) is 0. The minimum absolute atomic E-state index is 0.279. The zero-order valence-corrected chi connectivity index (χ0v) is 9.04. The molecule has 0 aromatic heterocycles. The van der Waals surface area contributed by atoms with Gasteiger partial charge in [-0.2, -0.15) is 0 Å². The second-order valence-corrected chi connectivity index (χ2v) is 3.87. The number of nitrogens with two attached hydrogens (primary N) is 1. The molecule has 1 aliphatic heterocycles. The second kappa shape index (κ2) is 5.86. The third kappa shape index (κ3) is 3.54. The Kier molecular flexibility index (Phi) is 4.73. The quantitative estimate of drug-likeness (QED) is 0.683. The lowest BCUT2D eigenvalue weighted by Crippen LogP contribution is -2.50. The molecule has 0 aliphatic carbocycles. The molecule has 0 atom stereocenters. The summed E-state index contributed by atoms with van der Waals surface area (Å²) in [7, 11) is 0. The summed E-state index contributed by atoms with van der Waals surface area (Å²) in [5.41, 5.74) is 5.20. The van der Waals surface area contributed by atoms with Gasteiger partial charge >= 0.3 is 6.03 Å². The van der Waals surface area contributed by atoms with Crippen molar-refractivity contribution in [2.75, 3.05) is 32.7 Å². The molecule has 0 radical (unpaired) electrons. The zero-order valence-electron chi connectivity index (χ0n) is 9.04. The van der Waals surface area contributed by atoms with E-state index >= 15 is 0 Å². The molecule has 0 aromatic carbocycles. The van der Waals surface area contributed by atoms with Gasteiger partial charge in [0.15, 0.2) is 0 Å². The van der Waals surface area contributed by atoms with E-state index < -0.39 is 0 Å². The average molecular weight is 199 g/mol. The first-order valence-corrected chi connectivity index (χ1v) is 5.50. The molecule has 0 unspecified atom stereocenters. The fourth-order valence-electron chi connectivity index (χ4n) is 1.78. The number of primary amides is 1. The van der Waals surface area contributed by atoms with Crippen molar-refractivity contribution in [1.82, 2.24) is 9.80 Å². The molecule has 2 N–H and O–H groups in total. The molecule has 2 amide bonds. The van der Waals surface area contributed by atoms with E-state index in [2.05, 4.69) is 11.8 Å². The lowest BCUT2D eigenvalue weighted by Gasteiger charge is -2.33. The van der Waals surface area contributed by atoms with Crippen LogP contribution in [-0.4, -0.2) is 48.6 Å². The van der Waals surface area contributed by atoms with Crippen LogP contribution in [0, 0.1) is 0 Å². The van der Waals surface area contributed by atoms with Crippen molar-refractivity contribution < 1.29 is 4.79 Å². The van der Waals surface area contributed by atoms with Gasteiger partial charge in [-0.15, -0.1) is 0 Å². The summed E-state index contributed by atoms with van der Waals surface area (Å²) in [6.45, 7) is 6.92. The predicted octanol–water partition coefficient (Wildman–Crippen LogP) is 0.873. The SMILES string of the molecule is CCCCCN1CCN(C(N)=O)CC1. The highest BCUT2D eigenvalue weighted by Crippen LogP contribution is 2.03. The van der Waals surface area contributed by atoms with Crippen LogP contribution in [0.25, 0.3) is 0 Å². The molecule has 1 fully saturated rings. The van der Waals surface area contributed by atoms with Crippen LogP contribution < -0.4 is 5.73 Å². The van der Waals surface area contributed by atoms with Crippen LogP contribution in [0.15, 0.2) is 0 Å². The Labute approximate surface area is 86.0 Å². The molecule has 1 heterocycles. The van der Waals surface area contributed by atoms with E-state index in [0.717, 1.165) is 26.2 Å². The number of carbonyl (C=O) groups is 1. The topological polar surface area (TPSA) is 49.6 Å². The van der Waals surface area contributed by atoms with Crippen LogP contribution in [0.1, 0.15) is 26.2 Å². The van der Waals surface area contributed by atoms with E-state index in [-0.39, 0.29) is 6.03 Å². The minimum atomic E-state index is -0.279. The van der Waals surface area contributed by atoms with Crippen molar-refractivity contribution in [2.24, 2.45) is 5.73 Å². The van der Waals surface area contributed by atoms with Crippen molar-refractivity contribution in [2.45, 2.75) is 26.2 Å². The van der Waals surface area contributed by atoms with Gasteiger partial charge in [0, 0.05) is 26.2 Å². The van der Waals surface area contributed by atoms with Gasteiger partial charge in [-0.25, -0.2) is 4.79 Å². The van der Waals surface area contributed by atoms with Gasteiger partial charge in [-0.05, 0) is 13.0 Å². The number of amides is 2. The minimum Gasteiger partial charge on any atom is -0.351 e. The maximum Gasteiger partial charge on any atom is 0.314 e. The summed E-state index contributed by atoms with van der Waals surface area (Å²) in [4.78, 5) is 15.0. The maximum atomic E-state index is 10.9. The van der Waals surface area contributed by atoms with Crippen LogP contribution >= 0.6 is 0 Å². The highest BCUT2D eigenvalue weighted by Gasteiger charge is 2.18. The van der Waals surface area contributed by atoms with Gasteiger partial charge in [0.2, 0.25) is 0 Å². The molecule has 0 spiro atoms. The molecule has 4 nitrogen and oxygen atoms in total. The van der Waals surface area contributed by atoms with Gasteiger partial charge in [-0.3, -0.25) is 4.90 Å². The Bertz CT molecular complexity index is 176. The molecular formula is C10H21N3O. The standard InChI is InChI=1S/C10H21N3O/c1-2-3-4-5-12-6-8-13(9-7-12)10(11)14/h2-9H2,1H3,(H2,11,14). The number of hydrogen-bond acceptors (Lipinski definition) is 2. The van der Waals surface area contributed by atoms with Gasteiger partial charge in [0.05, 0.1) is 0 Å². The number of piperazine rings is 1. The molecule has 4 heteroatoms. The van der Waals surface area contributed by atoms with Crippen molar-refractivity contribution in [3.63, 3.8) is 0 Å². The van der Waals surface area contributed by atoms with Crippen LogP contribution in [0.2, 0.25) is 0 Å². The fourth-order valence-corrected chi connectivity index (χ4v) is 1.78. The van der Waals surface area contributed by atoms with Gasteiger partial charge in [-0.1, -0.05) is 19.8 Å². The Hall–Kier alpha value is -0.770. The third-order valence-corrected chi connectivity index (χ3v) is 2.76. The Morgan fingerprint density at radius 2 is 1.86 bits per heavy atom. The molecule has 0 aromatic rings. The van der Waals surface area contributed by atoms with E-state index in [9.17, 15) is 4.79 Å². The maximum absolute atomic E-state index is 10.9. The second-order valence-electron chi connectivity index (χ2n) is 3.87. The number of rotatable bonds is 4. The summed E-state index contributed by atoms with van der Waals surface area (Å²) in [6, 6.07) is -0.279. The Morgan fingerprint density at radius 1 is 1.21 bits per heavy atom. The monoisotopic (exact) mass is 199 g/mol. The summed E-state index contributed by atoms with van der Waals surface area (Å²) in [6.07, 6.45) is 3.84. The number of nitrogens with zero attached hydrogens (tertiary/aromatic N) is 2. The lowest BCUT2D eigenvalue weighted by molar-refractivity contribution is 0.143. The van der Waals surface area contributed by atoms with E-state index in [1.54, 1.807) is 4.90 Å². The molecule has 1 saturated heterocycles. The van der Waals surface area contributed by atoms with E-state index in [0.29, 0.717) is 0 Å². The molecule has 1 rings (SSSR count). The van der Waals surface area contributed by atoms with Gasteiger partial charge in [0.25, 0.3) is 0 Å². The highest BCUT2D eigenvalue weighted by molar-refractivity contribution is 5.72. The van der Waals surface area contributed by atoms with Gasteiger partial charge < -0.3 is 10.6 Å². The average Bonchev–Trinajstić information content (AvgIpc) is 2.19. The molecular weight excluding hydrogens is 178 g/mol. The van der Waals surface area contributed by atoms with E-state index in [1.165, 1.54) is 25.8 Å². The zero-order chi connectivity index (χ0) is 10.4. The van der Waals surface area contributed by atoms with Crippen molar-refractivity contribution in [1.29, 1.82) is 0 Å². The molecule has 0 bridgehead atoms. The molecule has 82 valence electrons. The van der Waals surface area contributed by atoms with E-state index in [1.807, 2.05) is 0 Å². The predicted molar refractivity (Wildman–Crippen MR) is 57.1 cm³/mol. The number of urea groups is 1. The van der Waals surface area contributed by atoms with Crippen molar-refractivity contribution >= 4 is 6.03 Å². The first-order valence-electron chi connectivity index (χ1n) is 5.50. The van der Waals surface area contributed by atoms with Crippen molar-refractivity contribution in [3.8, 4) is 0 Å². The normalized spacial score (nSPS) is 18.5. The Balaban J connectivity index is 2.12. The smallest absolute Gasteiger partial charge is 0.314 e. The lowest BCUT2D eigenvalue weighted by atomic mass is 10.2. The van der Waals surface area contributed by atoms with Crippen LogP contribution in [-0.2, 0) is 0 Å². The van der Waals surface area contributed by atoms with Crippen LogP contribution in [0.4, 0.5) is 4.79 Å². The number of carbonyl (C=O) groups excluding carboxylic acids is 1. The molecule has 1 aliphatic rings. The van der Waals surface area contributed by atoms with Crippen molar-refractivity contribution in [3.05, 3.63) is 0 Å². The molecule has 14 heavy (non-hydrogen) atoms. The number of unbranched alkanes of at least 4 members (excludes halogenated alkanes) is 2.